The molecule has 21 heavy (non-hydrogen) atoms. The second kappa shape index (κ2) is 6.94. The molecule has 0 N–H and O–H groups in total. The Hall–Kier alpha value is -1.55. The van der Waals surface area contributed by atoms with Gasteiger partial charge in [0.05, 0.1) is 0 Å². The van der Waals surface area contributed by atoms with Crippen molar-refractivity contribution in [3.63, 3.8) is 0 Å². The number of hydrogen-bond acceptors (Lipinski definition) is 2. The standard InChI is InChI=1S/C16H21ClN2O2/c1-12-7-9-18(10-8-12)16(21)11-19(13(2)20)15-5-3-14(17)4-6-15/h3-6,12H,7-11H2,1-2H3. The second-order valence-corrected chi connectivity index (χ2v) is 6.08. The van der Waals surface area contributed by atoms with E-state index in [1.54, 1.807) is 24.3 Å². The van der Waals surface area contributed by atoms with E-state index in [1.165, 1.54) is 11.8 Å². The lowest BCUT2D eigenvalue weighted by atomic mass is 9.99. The number of amides is 2. The molecule has 2 amide bonds. The largest absolute Gasteiger partial charge is 0.341 e. The Morgan fingerprint density at radius 1 is 1.24 bits per heavy atom. The maximum Gasteiger partial charge on any atom is 0.242 e. The van der Waals surface area contributed by atoms with E-state index in [-0.39, 0.29) is 18.4 Å². The number of hydrogen-bond donors (Lipinski definition) is 0. The summed E-state index contributed by atoms with van der Waals surface area (Å²) in [5.74, 6) is 0.539. The smallest absolute Gasteiger partial charge is 0.242 e. The van der Waals surface area contributed by atoms with Gasteiger partial charge in [-0.15, -0.1) is 0 Å². The Kier molecular flexibility index (Phi) is 5.23. The number of piperidine rings is 1. The highest BCUT2D eigenvalue weighted by Gasteiger charge is 2.23. The van der Waals surface area contributed by atoms with E-state index < -0.39 is 0 Å². The highest BCUT2D eigenvalue weighted by atomic mass is 35.5. The summed E-state index contributed by atoms with van der Waals surface area (Å²) in [7, 11) is 0. The molecule has 5 heteroatoms. The molecule has 4 nitrogen and oxygen atoms in total. The van der Waals surface area contributed by atoms with Gasteiger partial charge in [0.1, 0.15) is 6.54 Å². The quantitative estimate of drug-likeness (QED) is 0.861. The van der Waals surface area contributed by atoms with E-state index >= 15 is 0 Å². The minimum Gasteiger partial charge on any atom is -0.341 e. The van der Waals surface area contributed by atoms with Crippen molar-refractivity contribution in [2.75, 3.05) is 24.5 Å². The molecular formula is C16H21ClN2O2. The molecule has 0 spiro atoms. The van der Waals surface area contributed by atoms with Crippen molar-refractivity contribution >= 4 is 29.1 Å². The zero-order valence-electron chi connectivity index (χ0n) is 12.5. The topological polar surface area (TPSA) is 40.6 Å². The molecule has 1 heterocycles. The number of carbonyl (C=O) groups excluding carboxylic acids is 2. The summed E-state index contributed by atoms with van der Waals surface area (Å²) in [6, 6.07) is 6.96. The van der Waals surface area contributed by atoms with Gasteiger partial charge < -0.3 is 9.80 Å². The summed E-state index contributed by atoms with van der Waals surface area (Å²) >= 11 is 5.86. The van der Waals surface area contributed by atoms with Gasteiger partial charge in [-0.25, -0.2) is 0 Å². The molecule has 0 radical (unpaired) electrons. The van der Waals surface area contributed by atoms with Crippen LogP contribution in [0.3, 0.4) is 0 Å². The van der Waals surface area contributed by atoms with Crippen molar-refractivity contribution in [1.29, 1.82) is 0 Å². The normalized spacial score (nSPS) is 15.9. The van der Waals surface area contributed by atoms with Crippen LogP contribution in [0.1, 0.15) is 26.7 Å². The predicted octanol–water partition coefficient (Wildman–Crippen LogP) is 2.95. The minimum absolute atomic E-state index is 0.00653. The first kappa shape index (κ1) is 15.8. The fraction of sp³-hybridized carbons (Fsp3) is 0.500. The van der Waals surface area contributed by atoms with Crippen LogP contribution in [0.2, 0.25) is 5.02 Å². The number of nitrogens with zero attached hydrogens (tertiary/aromatic N) is 2. The monoisotopic (exact) mass is 308 g/mol. The van der Waals surface area contributed by atoms with Gasteiger partial charge in [0.25, 0.3) is 0 Å². The molecule has 1 fully saturated rings. The van der Waals surface area contributed by atoms with Crippen molar-refractivity contribution in [2.24, 2.45) is 5.92 Å². The average Bonchev–Trinajstić information content (AvgIpc) is 2.46. The van der Waals surface area contributed by atoms with Crippen molar-refractivity contribution in [3.05, 3.63) is 29.3 Å². The van der Waals surface area contributed by atoms with E-state index in [0.29, 0.717) is 16.6 Å². The number of rotatable bonds is 3. The molecular weight excluding hydrogens is 288 g/mol. The van der Waals surface area contributed by atoms with Gasteiger partial charge in [-0.3, -0.25) is 9.59 Å². The van der Waals surface area contributed by atoms with Crippen LogP contribution >= 0.6 is 11.6 Å². The third kappa shape index (κ3) is 4.21. The zero-order chi connectivity index (χ0) is 15.4. The molecule has 1 aromatic rings. The van der Waals surface area contributed by atoms with Crippen molar-refractivity contribution < 1.29 is 9.59 Å². The lowest BCUT2D eigenvalue weighted by molar-refractivity contribution is -0.132. The molecule has 0 aromatic heterocycles. The molecule has 114 valence electrons. The summed E-state index contributed by atoms with van der Waals surface area (Å²) in [6.07, 6.45) is 2.07. The van der Waals surface area contributed by atoms with Crippen LogP contribution in [0.25, 0.3) is 0 Å². The number of halogens is 1. The molecule has 1 aliphatic heterocycles. The van der Waals surface area contributed by atoms with E-state index in [9.17, 15) is 9.59 Å². The third-order valence-corrected chi connectivity index (χ3v) is 4.20. The van der Waals surface area contributed by atoms with Crippen molar-refractivity contribution in [3.8, 4) is 0 Å². The first-order valence-corrected chi connectivity index (χ1v) is 7.66. The van der Waals surface area contributed by atoms with Gasteiger partial charge in [-0.2, -0.15) is 0 Å². The molecule has 1 aromatic carbocycles. The van der Waals surface area contributed by atoms with Gasteiger partial charge >= 0.3 is 0 Å². The third-order valence-electron chi connectivity index (χ3n) is 3.95. The maximum atomic E-state index is 12.4. The summed E-state index contributed by atoms with van der Waals surface area (Å²) < 4.78 is 0. The zero-order valence-corrected chi connectivity index (χ0v) is 13.3. The van der Waals surface area contributed by atoms with Gasteiger partial charge in [-0.1, -0.05) is 18.5 Å². The number of likely N-dealkylation sites (tertiary alicyclic amines) is 1. The van der Waals surface area contributed by atoms with Gasteiger partial charge in [0.15, 0.2) is 0 Å². The highest BCUT2D eigenvalue weighted by molar-refractivity contribution is 6.30. The molecule has 1 aliphatic rings. The molecule has 1 saturated heterocycles. The van der Waals surface area contributed by atoms with E-state index in [0.717, 1.165) is 25.9 Å². The van der Waals surface area contributed by atoms with Gasteiger partial charge in [0.2, 0.25) is 11.8 Å². The second-order valence-electron chi connectivity index (χ2n) is 5.64. The molecule has 0 aliphatic carbocycles. The Labute approximate surface area is 130 Å². The summed E-state index contributed by atoms with van der Waals surface area (Å²) in [4.78, 5) is 27.5. The molecule has 0 unspecified atom stereocenters. The Morgan fingerprint density at radius 3 is 2.33 bits per heavy atom. The van der Waals surface area contributed by atoms with Crippen LogP contribution in [0, 0.1) is 5.92 Å². The fourth-order valence-electron chi connectivity index (χ4n) is 2.50. The number of carbonyl (C=O) groups is 2. The summed E-state index contributed by atoms with van der Waals surface area (Å²) in [5.41, 5.74) is 0.700. The van der Waals surface area contributed by atoms with E-state index in [4.69, 9.17) is 11.6 Å². The van der Waals surface area contributed by atoms with Crippen molar-refractivity contribution in [2.45, 2.75) is 26.7 Å². The van der Waals surface area contributed by atoms with E-state index in [2.05, 4.69) is 6.92 Å². The minimum atomic E-state index is -0.143. The number of anilines is 1. The van der Waals surface area contributed by atoms with Crippen LogP contribution in [0.4, 0.5) is 5.69 Å². The first-order chi connectivity index (χ1) is 9.97. The Morgan fingerprint density at radius 2 is 1.81 bits per heavy atom. The highest BCUT2D eigenvalue weighted by Crippen LogP contribution is 2.20. The molecule has 2 rings (SSSR count). The van der Waals surface area contributed by atoms with Crippen LogP contribution in [-0.2, 0) is 9.59 Å². The van der Waals surface area contributed by atoms with E-state index in [1.807, 2.05) is 4.90 Å². The molecule has 0 atom stereocenters. The van der Waals surface area contributed by atoms with Crippen molar-refractivity contribution in [1.82, 2.24) is 4.90 Å². The summed E-state index contributed by atoms with van der Waals surface area (Å²) in [6.45, 7) is 5.33. The number of benzene rings is 1. The lowest BCUT2D eigenvalue weighted by Crippen LogP contribution is -2.45. The SMILES string of the molecule is CC(=O)N(CC(=O)N1CCC(C)CC1)c1ccc(Cl)cc1. The van der Waals surface area contributed by atoms with Crippen LogP contribution in [0.15, 0.2) is 24.3 Å². The van der Waals surface area contributed by atoms with Crippen LogP contribution in [-0.4, -0.2) is 36.3 Å². The lowest BCUT2D eigenvalue weighted by Gasteiger charge is -2.32. The average molecular weight is 309 g/mol. The molecule has 0 bridgehead atoms. The first-order valence-electron chi connectivity index (χ1n) is 7.29. The van der Waals surface area contributed by atoms with Gasteiger partial charge in [-0.05, 0) is 43.0 Å². The molecule has 0 saturated carbocycles. The van der Waals surface area contributed by atoms with Gasteiger partial charge in [0, 0.05) is 30.7 Å². The Balaban J connectivity index is 2.04. The predicted molar refractivity (Wildman–Crippen MR) is 84.5 cm³/mol. The summed E-state index contributed by atoms with van der Waals surface area (Å²) in [5, 5.41) is 0.610. The van der Waals surface area contributed by atoms with Crippen LogP contribution < -0.4 is 4.90 Å². The fourth-order valence-corrected chi connectivity index (χ4v) is 2.62. The van der Waals surface area contributed by atoms with Crippen LogP contribution in [0.5, 0.6) is 0 Å². The Bertz CT molecular complexity index is 508. The maximum absolute atomic E-state index is 12.4.